The number of carbonyl (C=O) groups is 2. The van der Waals surface area contributed by atoms with Gasteiger partial charge in [-0.15, -0.1) is 0 Å². The zero-order chi connectivity index (χ0) is 28.1. The molecule has 37 heavy (non-hydrogen) atoms. The number of hydrogen-bond acceptors (Lipinski definition) is 4. The Morgan fingerprint density at radius 1 is 1.03 bits per heavy atom. The predicted molar refractivity (Wildman–Crippen MR) is 152 cm³/mol. The lowest BCUT2D eigenvalue weighted by Crippen LogP contribution is -2.52. The number of anilines is 1. The number of rotatable bonds is 10. The molecule has 2 aromatic carbocycles. The Bertz CT molecular complexity index is 1220. The molecule has 2 amide bonds. The molecule has 0 aromatic heterocycles. The molecule has 0 aliphatic carbocycles. The van der Waals surface area contributed by atoms with E-state index < -0.39 is 21.6 Å². The smallest absolute Gasteiger partial charge is 0.242 e. The summed E-state index contributed by atoms with van der Waals surface area (Å²) in [6.45, 7) is 11.3. The van der Waals surface area contributed by atoms with Crippen molar-refractivity contribution in [2.24, 2.45) is 0 Å². The summed E-state index contributed by atoms with van der Waals surface area (Å²) in [7, 11) is -3.56. The van der Waals surface area contributed by atoms with Gasteiger partial charge >= 0.3 is 0 Å². The van der Waals surface area contributed by atoms with Crippen LogP contribution in [0.3, 0.4) is 0 Å². The van der Waals surface area contributed by atoms with Gasteiger partial charge in [0, 0.05) is 35.1 Å². The molecule has 0 aliphatic heterocycles. The van der Waals surface area contributed by atoms with E-state index in [2.05, 4.69) is 5.32 Å². The van der Waals surface area contributed by atoms with Crippen LogP contribution in [-0.4, -0.2) is 49.5 Å². The van der Waals surface area contributed by atoms with Gasteiger partial charge in [-0.3, -0.25) is 13.9 Å². The van der Waals surface area contributed by atoms with Crippen LogP contribution < -0.4 is 9.62 Å². The van der Waals surface area contributed by atoms with E-state index in [1.54, 1.807) is 25.1 Å². The number of aryl methyl sites for hydroxylation is 2. The van der Waals surface area contributed by atoms with Crippen molar-refractivity contribution in [3.63, 3.8) is 0 Å². The third-order valence-electron chi connectivity index (χ3n) is 5.67. The van der Waals surface area contributed by atoms with Gasteiger partial charge in [0.05, 0.1) is 11.9 Å². The summed E-state index contributed by atoms with van der Waals surface area (Å²) in [5.74, 6) is -0.574. The fourth-order valence-corrected chi connectivity index (χ4v) is 5.41. The maximum absolute atomic E-state index is 13.4. The van der Waals surface area contributed by atoms with E-state index in [9.17, 15) is 18.0 Å². The van der Waals surface area contributed by atoms with Crippen molar-refractivity contribution in [3.8, 4) is 0 Å². The quantitative estimate of drug-likeness (QED) is 0.410. The van der Waals surface area contributed by atoms with Crippen LogP contribution in [0.4, 0.5) is 5.69 Å². The highest BCUT2D eigenvalue weighted by atomic mass is 35.5. The molecule has 0 radical (unpaired) electrons. The van der Waals surface area contributed by atoms with E-state index in [0.717, 1.165) is 17.4 Å². The molecule has 0 unspecified atom stereocenters. The van der Waals surface area contributed by atoms with E-state index in [0.29, 0.717) is 21.3 Å². The SMILES string of the molecule is Cc1cc(C)cc(N(CCCC(=O)N(Cc2ccc(Cl)cc2Cl)[C@@H](C)C(=O)NC(C)(C)C)S(C)(=O)=O)c1. The fourth-order valence-electron chi connectivity index (χ4n) is 3.99. The molecule has 0 saturated heterocycles. The van der Waals surface area contributed by atoms with Crippen molar-refractivity contribution in [1.29, 1.82) is 0 Å². The number of sulfonamides is 1. The lowest BCUT2D eigenvalue weighted by Gasteiger charge is -2.32. The second kappa shape index (κ2) is 12.5. The molecular formula is C27H37Cl2N3O4S. The minimum atomic E-state index is -3.56. The summed E-state index contributed by atoms with van der Waals surface area (Å²) in [6.07, 6.45) is 1.48. The average Bonchev–Trinajstić information content (AvgIpc) is 2.72. The maximum Gasteiger partial charge on any atom is 0.242 e. The molecule has 204 valence electrons. The third-order valence-corrected chi connectivity index (χ3v) is 7.45. The van der Waals surface area contributed by atoms with E-state index in [1.165, 1.54) is 9.21 Å². The molecule has 10 heteroatoms. The lowest BCUT2D eigenvalue weighted by atomic mass is 10.1. The molecule has 0 spiro atoms. The molecule has 0 bridgehead atoms. The van der Waals surface area contributed by atoms with Crippen molar-refractivity contribution in [1.82, 2.24) is 10.2 Å². The van der Waals surface area contributed by atoms with Gasteiger partial charge in [-0.05, 0) is 88.9 Å². The fraction of sp³-hybridized carbons (Fsp3) is 0.481. The third kappa shape index (κ3) is 9.51. The highest BCUT2D eigenvalue weighted by Gasteiger charge is 2.29. The van der Waals surface area contributed by atoms with Gasteiger partial charge in [0.25, 0.3) is 0 Å². The Labute approximate surface area is 231 Å². The number of carbonyl (C=O) groups excluding carboxylic acids is 2. The second-order valence-corrected chi connectivity index (χ2v) is 13.2. The van der Waals surface area contributed by atoms with Crippen LogP contribution in [0.2, 0.25) is 10.0 Å². The van der Waals surface area contributed by atoms with Crippen LogP contribution in [-0.2, 0) is 26.2 Å². The van der Waals surface area contributed by atoms with Crippen molar-refractivity contribution in [2.75, 3.05) is 17.1 Å². The van der Waals surface area contributed by atoms with Crippen molar-refractivity contribution < 1.29 is 18.0 Å². The average molecular weight is 571 g/mol. The van der Waals surface area contributed by atoms with E-state index >= 15 is 0 Å². The number of nitrogens with zero attached hydrogens (tertiary/aromatic N) is 2. The van der Waals surface area contributed by atoms with Crippen molar-refractivity contribution in [2.45, 2.75) is 72.5 Å². The molecule has 0 fully saturated rings. The van der Waals surface area contributed by atoms with Crippen LogP contribution >= 0.6 is 23.2 Å². The van der Waals surface area contributed by atoms with Gasteiger partial charge in [0.1, 0.15) is 6.04 Å². The second-order valence-electron chi connectivity index (χ2n) is 10.5. The van der Waals surface area contributed by atoms with Crippen LogP contribution in [0.5, 0.6) is 0 Å². The highest BCUT2D eigenvalue weighted by molar-refractivity contribution is 7.92. The maximum atomic E-state index is 13.4. The molecule has 7 nitrogen and oxygen atoms in total. The van der Waals surface area contributed by atoms with E-state index in [-0.39, 0.29) is 37.7 Å². The normalized spacial score (nSPS) is 12.7. The highest BCUT2D eigenvalue weighted by Crippen LogP contribution is 2.25. The number of nitrogens with one attached hydrogen (secondary N) is 1. The summed E-state index contributed by atoms with van der Waals surface area (Å²) in [6, 6.07) is 9.81. The first-order valence-electron chi connectivity index (χ1n) is 12.1. The zero-order valence-electron chi connectivity index (χ0n) is 22.6. The first-order chi connectivity index (χ1) is 17.0. The van der Waals surface area contributed by atoms with Crippen LogP contribution in [0, 0.1) is 13.8 Å². The number of benzene rings is 2. The molecule has 1 atom stereocenters. The van der Waals surface area contributed by atoms with Crippen molar-refractivity contribution in [3.05, 3.63) is 63.1 Å². The van der Waals surface area contributed by atoms with E-state index in [4.69, 9.17) is 23.2 Å². The monoisotopic (exact) mass is 569 g/mol. The first kappa shape index (κ1) is 30.9. The molecular weight excluding hydrogens is 533 g/mol. The lowest BCUT2D eigenvalue weighted by molar-refractivity contribution is -0.141. The zero-order valence-corrected chi connectivity index (χ0v) is 24.9. The number of amides is 2. The summed E-state index contributed by atoms with van der Waals surface area (Å²) in [5, 5.41) is 3.78. The summed E-state index contributed by atoms with van der Waals surface area (Å²) in [5.41, 5.74) is 2.65. The first-order valence-corrected chi connectivity index (χ1v) is 14.7. The van der Waals surface area contributed by atoms with Crippen LogP contribution in [0.1, 0.15) is 57.2 Å². The van der Waals surface area contributed by atoms with Crippen LogP contribution in [0.15, 0.2) is 36.4 Å². The summed E-state index contributed by atoms with van der Waals surface area (Å²) >= 11 is 12.4. The largest absolute Gasteiger partial charge is 0.350 e. The Hall–Kier alpha value is -2.29. The molecule has 0 aliphatic rings. The molecule has 0 heterocycles. The number of halogens is 2. The predicted octanol–water partition coefficient (Wildman–Crippen LogP) is 5.49. The van der Waals surface area contributed by atoms with Gasteiger partial charge in [-0.2, -0.15) is 0 Å². The Balaban J connectivity index is 2.25. The molecule has 2 aromatic rings. The minimum absolute atomic E-state index is 0.0508. The van der Waals surface area contributed by atoms with E-state index in [1.807, 2.05) is 52.8 Å². The molecule has 1 N–H and O–H groups in total. The molecule has 2 rings (SSSR count). The van der Waals surface area contributed by atoms with Gasteiger partial charge in [0.2, 0.25) is 21.8 Å². The van der Waals surface area contributed by atoms with Crippen LogP contribution in [0.25, 0.3) is 0 Å². The number of hydrogen-bond donors (Lipinski definition) is 1. The standard InChI is InChI=1S/C27H37Cl2N3O4S/c1-18-13-19(2)15-23(14-18)32(37(7,35)36)12-8-9-25(33)31(20(3)26(34)30-27(4,5)6)17-21-10-11-22(28)16-24(21)29/h10-11,13-16,20H,8-9,12,17H2,1-7H3,(H,30,34)/t20-/m0/s1. The molecule has 0 saturated carbocycles. The summed E-state index contributed by atoms with van der Waals surface area (Å²) in [4.78, 5) is 27.8. The summed E-state index contributed by atoms with van der Waals surface area (Å²) < 4.78 is 26.4. The Morgan fingerprint density at radius 2 is 1.62 bits per heavy atom. The minimum Gasteiger partial charge on any atom is -0.350 e. The van der Waals surface area contributed by atoms with Gasteiger partial charge in [0.15, 0.2) is 0 Å². The topological polar surface area (TPSA) is 86.8 Å². The van der Waals surface area contributed by atoms with Gasteiger partial charge in [-0.25, -0.2) is 8.42 Å². The van der Waals surface area contributed by atoms with Gasteiger partial charge in [-0.1, -0.05) is 35.3 Å². The van der Waals surface area contributed by atoms with Crippen molar-refractivity contribution >= 4 is 50.7 Å². The van der Waals surface area contributed by atoms with Gasteiger partial charge < -0.3 is 10.2 Å². The Kier molecular flexibility index (Phi) is 10.5. The Morgan fingerprint density at radius 3 is 2.14 bits per heavy atom.